The highest BCUT2D eigenvalue weighted by molar-refractivity contribution is 6.69. The Bertz CT molecular complexity index is 639. The zero-order chi connectivity index (χ0) is 19.4. The maximum absolute atomic E-state index is 12.9. The van der Waals surface area contributed by atoms with Crippen molar-refractivity contribution in [3.63, 3.8) is 0 Å². The molecule has 0 heterocycles. The summed E-state index contributed by atoms with van der Waals surface area (Å²) in [4.78, 5) is 12.9. The van der Waals surface area contributed by atoms with Crippen LogP contribution >= 0.6 is 0 Å². The molecule has 0 radical (unpaired) electrons. The van der Waals surface area contributed by atoms with Crippen LogP contribution in [0.1, 0.15) is 71.6 Å². The molecule has 3 saturated carbocycles. The van der Waals surface area contributed by atoms with Crippen LogP contribution < -0.4 is 5.48 Å². The van der Waals surface area contributed by atoms with Gasteiger partial charge in [-0.25, -0.2) is 5.48 Å². The van der Waals surface area contributed by atoms with E-state index in [1.807, 2.05) is 0 Å². The van der Waals surface area contributed by atoms with Crippen molar-refractivity contribution in [1.29, 1.82) is 0 Å². The van der Waals surface area contributed by atoms with Gasteiger partial charge in [0.2, 0.25) is 8.32 Å². The fraction of sp³-hybridized carbons (Fsp3) is 0.870. The Kier molecular flexibility index (Phi) is 4.90. The van der Waals surface area contributed by atoms with Crippen LogP contribution in [0.3, 0.4) is 0 Å². The molecule has 4 rings (SSSR count). The van der Waals surface area contributed by atoms with Gasteiger partial charge < -0.3 is 4.53 Å². The van der Waals surface area contributed by atoms with Gasteiger partial charge in [-0.15, -0.1) is 0 Å². The number of carbonyl (C=O) groups excluding carboxylic acids is 1. The summed E-state index contributed by atoms with van der Waals surface area (Å²) in [6.45, 7) is 11.3. The van der Waals surface area contributed by atoms with Crippen molar-refractivity contribution >= 4 is 14.2 Å². The van der Waals surface area contributed by atoms with Crippen molar-refractivity contribution in [2.75, 3.05) is 0 Å². The Morgan fingerprint density at radius 3 is 2.59 bits per heavy atom. The second kappa shape index (κ2) is 6.72. The zero-order valence-electron chi connectivity index (χ0n) is 18.1. The van der Waals surface area contributed by atoms with Crippen LogP contribution in [0.4, 0.5) is 0 Å². The zero-order valence-corrected chi connectivity index (χ0v) is 19.1. The molecule has 4 aliphatic carbocycles. The topological polar surface area (TPSA) is 38.3 Å². The highest BCUT2D eigenvalue weighted by Crippen LogP contribution is 2.66. The Hall–Kier alpha value is -0.613. The van der Waals surface area contributed by atoms with Crippen LogP contribution in [-0.2, 0) is 9.32 Å². The van der Waals surface area contributed by atoms with E-state index in [1.165, 1.54) is 51.4 Å². The van der Waals surface area contributed by atoms with Gasteiger partial charge in [-0.3, -0.25) is 4.79 Å². The van der Waals surface area contributed by atoms with Gasteiger partial charge in [0.15, 0.2) is 0 Å². The third-order valence-corrected chi connectivity index (χ3v) is 9.57. The minimum absolute atomic E-state index is 0.0263. The number of rotatable bonds is 3. The van der Waals surface area contributed by atoms with E-state index < -0.39 is 8.32 Å². The SMILES string of the molecule is C[C@]12CCCCC1CC[C@@H]1[C@@H]2CC[C@]2(C)C(C(=O)NO[Si](C)(C)C)=CC[C@@H]12. The van der Waals surface area contributed by atoms with E-state index in [4.69, 9.17) is 4.53 Å². The number of fused-ring (bicyclic) bond motifs is 5. The lowest BCUT2D eigenvalue weighted by Crippen LogP contribution is -2.53. The molecule has 0 aromatic carbocycles. The number of hydrogen-bond acceptors (Lipinski definition) is 2. The maximum atomic E-state index is 12.9. The molecule has 6 atom stereocenters. The number of amides is 1. The minimum atomic E-state index is -1.76. The molecule has 27 heavy (non-hydrogen) atoms. The molecule has 0 spiro atoms. The van der Waals surface area contributed by atoms with Gasteiger partial charge in [-0.1, -0.05) is 32.8 Å². The Balaban J connectivity index is 1.51. The highest BCUT2D eigenvalue weighted by atomic mass is 28.4. The van der Waals surface area contributed by atoms with Gasteiger partial charge in [0.05, 0.1) is 0 Å². The van der Waals surface area contributed by atoms with Crippen molar-refractivity contribution in [1.82, 2.24) is 5.48 Å². The van der Waals surface area contributed by atoms with E-state index in [0.29, 0.717) is 11.3 Å². The first kappa shape index (κ1) is 19.7. The summed E-state index contributed by atoms with van der Waals surface area (Å²) in [6, 6.07) is 0. The van der Waals surface area contributed by atoms with E-state index in [-0.39, 0.29) is 11.3 Å². The first-order valence-corrected chi connectivity index (χ1v) is 14.7. The molecule has 0 bridgehead atoms. The molecular formula is C23H39NO2Si. The van der Waals surface area contributed by atoms with Crippen LogP contribution in [0.2, 0.25) is 19.6 Å². The van der Waals surface area contributed by atoms with Gasteiger partial charge in [0.25, 0.3) is 5.91 Å². The van der Waals surface area contributed by atoms with Crippen LogP contribution in [-0.4, -0.2) is 14.2 Å². The monoisotopic (exact) mass is 389 g/mol. The van der Waals surface area contributed by atoms with E-state index in [0.717, 1.165) is 29.7 Å². The molecule has 1 unspecified atom stereocenters. The van der Waals surface area contributed by atoms with Crippen LogP contribution in [0.25, 0.3) is 0 Å². The minimum Gasteiger partial charge on any atom is -0.320 e. The molecule has 3 fully saturated rings. The Labute approximate surface area is 166 Å². The van der Waals surface area contributed by atoms with E-state index in [9.17, 15) is 4.79 Å². The normalized spacial score (nSPS) is 44.0. The summed E-state index contributed by atoms with van der Waals surface area (Å²) in [5.41, 5.74) is 4.43. The second-order valence-corrected chi connectivity index (χ2v) is 15.8. The average molecular weight is 390 g/mol. The van der Waals surface area contributed by atoms with Crippen LogP contribution in [0.5, 0.6) is 0 Å². The lowest BCUT2D eigenvalue weighted by Gasteiger charge is -2.60. The summed E-state index contributed by atoms with van der Waals surface area (Å²) in [7, 11) is -1.76. The van der Waals surface area contributed by atoms with Gasteiger partial charge in [0, 0.05) is 11.0 Å². The van der Waals surface area contributed by atoms with Gasteiger partial charge in [-0.2, -0.15) is 0 Å². The molecule has 0 saturated heterocycles. The van der Waals surface area contributed by atoms with E-state index in [2.05, 4.69) is 45.0 Å². The lowest BCUT2D eigenvalue weighted by atomic mass is 9.45. The van der Waals surface area contributed by atoms with Crippen molar-refractivity contribution in [3.05, 3.63) is 11.6 Å². The smallest absolute Gasteiger partial charge is 0.270 e. The third kappa shape index (κ3) is 3.25. The lowest BCUT2D eigenvalue weighted by molar-refractivity contribution is -0.128. The average Bonchev–Trinajstić information content (AvgIpc) is 2.96. The third-order valence-electron chi connectivity index (χ3n) is 8.86. The summed E-state index contributed by atoms with van der Waals surface area (Å²) >= 11 is 0. The summed E-state index contributed by atoms with van der Waals surface area (Å²) in [5, 5.41) is 0. The number of allylic oxidation sites excluding steroid dienone is 1. The molecule has 1 N–H and O–H groups in total. The Morgan fingerprint density at radius 1 is 1.07 bits per heavy atom. The molecule has 152 valence electrons. The van der Waals surface area contributed by atoms with Crippen molar-refractivity contribution in [2.24, 2.45) is 34.5 Å². The second-order valence-electron chi connectivity index (χ2n) is 11.4. The predicted molar refractivity (Wildman–Crippen MR) is 112 cm³/mol. The fourth-order valence-corrected chi connectivity index (χ4v) is 7.87. The van der Waals surface area contributed by atoms with Crippen LogP contribution in [0, 0.1) is 34.5 Å². The van der Waals surface area contributed by atoms with Crippen molar-refractivity contribution in [3.8, 4) is 0 Å². The number of hydroxylamine groups is 1. The van der Waals surface area contributed by atoms with Gasteiger partial charge in [-0.05, 0) is 93.7 Å². The maximum Gasteiger partial charge on any atom is 0.270 e. The number of hydrogen-bond donors (Lipinski definition) is 1. The summed E-state index contributed by atoms with van der Waals surface area (Å²) in [5.74, 6) is 3.33. The Morgan fingerprint density at radius 2 is 1.85 bits per heavy atom. The van der Waals surface area contributed by atoms with Gasteiger partial charge >= 0.3 is 0 Å². The first-order valence-electron chi connectivity index (χ1n) is 11.3. The van der Waals surface area contributed by atoms with E-state index >= 15 is 0 Å². The van der Waals surface area contributed by atoms with Crippen LogP contribution in [0.15, 0.2) is 11.6 Å². The fourth-order valence-electron chi connectivity index (χ4n) is 7.47. The molecule has 0 aromatic rings. The summed E-state index contributed by atoms with van der Waals surface area (Å²) < 4.78 is 5.72. The van der Waals surface area contributed by atoms with E-state index in [1.54, 1.807) is 0 Å². The summed E-state index contributed by atoms with van der Waals surface area (Å²) in [6.07, 6.45) is 14.4. The highest BCUT2D eigenvalue weighted by Gasteiger charge is 2.58. The molecular weight excluding hydrogens is 350 g/mol. The molecule has 0 aromatic heterocycles. The first-order chi connectivity index (χ1) is 12.7. The number of nitrogens with one attached hydrogen (secondary N) is 1. The largest absolute Gasteiger partial charge is 0.320 e. The number of carbonyl (C=O) groups is 1. The molecule has 4 aliphatic rings. The molecule has 4 heteroatoms. The molecule has 3 nitrogen and oxygen atoms in total. The van der Waals surface area contributed by atoms with Crippen molar-refractivity contribution < 1.29 is 9.32 Å². The molecule has 1 amide bonds. The van der Waals surface area contributed by atoms with Gasteiger partial charge in [0.1, 0.15) is 0 Å². The quantitative estimate of drug-likeness (QED) is 0.486. The molecule has 0 aliphatic heterocycles. The van der Waals surface area contributed by atoms with Crippen molar-refractivity contribution in [2.45, 2.75) is 91.3 Å². The standard InChI is InChI=1S/C23H39NO2Si/c1-22-14-7-6-8-16(22)9-10-17-18-11-12-20(21(25)24-26-27(3,4)5)23(18,2)15-13-19(17)22/h12,16-19H,6-11,13-15H2,1-5H3,(H,24,25)/t16?,17-,18-,19-,22-,23-/m0/s1. The predicted octanol–water partition coefficient (Wildman–Crippen LogP) is 5.84.